The molecule has 25 heavy (non-hydrogen) atoms. The molecule has 1 saturated heterocycles. The van der Waals surface area contributed by atoms with E-state index in [2.05, 4.69) is 0 Å². The second kappa shape index (κ2) is 6.44. The predicted molar refractivity (Wildman–Crippen MR) is 92.8 cm³/mol. The van der Waals surface area contributed by atoms with Gasteiger partial charge in [0.1, 0.15) is 5.58 Å². The number of rotatable bonds is 4. The van der Waals surface area contributed by atoms with Gasteiger partial charge >= 0.3 is 5.97 Å². The van der Waals surface area contributed by atoms with E-state index in [9.17, 15) is 13.2 Å². The van der Waals surface area contributed by atoms with Crippen molar-refractivity contribution < 1.29 is 22.4 Å². The van der Waals surface area contributed by atoms with Crippen LogP contribution in [-0.4, -0.2) is 44.4 Å². The zero-order valence-electron chi connectivity index (χ0n) is 14.5. The lowest BCUT2D eigenvalue weighted by atomic mass is 10.1. The molecule has 2 N–H and O–H groups in total. The molecule has 2 unspecified atom stereocenters. The van der Waals surface area contributed by atoms with Crippen molar-refractivity contribution in [3.8, 4) is 0 Å². The van der Waals surface area contributed by atoms with Gasteiger partial charge in [0.05, 0.1) is 11.5 Å². The van der Waals surface area contributed by atoms with Crippen molar-refractivity contribution in [2.24, 2.45) is 11.7 Å². The number of ether oxygens (including phenoxy) is 1. The van der Waals surface area contributed by atoms with Crippen LogP contribution in [0.3, 0.4) is 0 Å². The number of hydrogen-bond donors (Lipinski definition) is 1. The number of esters is 1. The van der Waals surface area contributed by atoms with Crippen LogP contribution in [0.15, 0.2) is 27.5 Å². The Kier molecular flexibility index (Phi) is 4.61. The van der Waals surface area contributed by atoms with Crippen LogP contribution in [0.1, 0.15) is 30.0 Å². The van der Waals surface area contributed by atoms with Gasteiger partial charge in [-0.1, -0.05) is 6.92 Å². The third kappa shape index (κ3) is 3.05. The maximum absolute atomic E-state index is 12.9. The summed E-state index contributed by atoms with van der Waals surface area (Å²) in [4.78, 5) is 12.1. The number of fused-ring (bicyclic) bond motifs is 1. The van der Waals surface area contributed by atoms with Crippen LogP contribution in [0, 0.1) is 12.8 Å². The molecular formula is C17H22N2O5S. The number of nitrogens with two attached hydrogens (primary N) is 1. The fourth-order valence-electron chi connectivity index (χ4n) is 3.04. The van der Waals surface area contributed by atoms with Crippen LogP contribution < -0.4 is 5.73 Å². The molecule has 1 aliphatic heterocycles. The first-order chi connectivity index (χ1) is 11.8. The van der Waals surface area contributed by atoms with E-state index in [0.29, 0.717) is 29.6 Å². The lowest BCUT2D eigenvalue weighted by molar-refractivity contribution is 0.0491. The number of sulfonamides is 1. The van der Waals surface area contributed by atoms with E-state index in [0.717, 1.165) is 0 Å². The number of carbonyl (C=O) groups is 1. The van der Waals surface area contributed by atoms with Gasteiger partial charge in [-0.2, -0.15) is 4.31 Å². The molecule has 0 saturated carbocycles. The third-order valence-corrected chi connectivity index (χ3v) is 6.47. The topological polar surface area (TPSA) is 103 Å². The summed E-state index contributed by atoms with van der Waals surface area (Å²) in [6, 6.07) is 4.44. The van der Waals surface area contributed by atoms with E-state index in [1.807, 2.05) is 6.92 Å². The maximum Gasteiger partial charge on any atom is 0.374 e. The number of aryl methyl sites for hydroxylation is 1. The lowest BCUT2D eigenvalue weighted by Gasteiger charge is -2.16. The minimum absolute atomic E-state index is 0.100. The highest BCUT2D eigenvalue weighted by Gasteiger charge is 2.35. The minimum atomic E-state index is -3.64. The van der Waals surface area contributed by atoms with Crippen molar-refractivity contribution >= 4 is 27.0 Å². The quantitative estimate of drug-likeness (QED) is 0.829. The first kappa shape index (κ1) is 17.9. The van der Waals surface area contributed by atoms with Gasteiger partial charge in [0.25, 0.3) is 0 Å². The summed E-state index contributed by atoms with van der Waals surface area (Å²) < 4.78 is 37.7. The zero-order valence-corrected chi connectivity index (χ0v) is 15.3. The smallest absolute Gasteiger partial charge is 0.374 e. The average Bonchev–Trinajstić information content (AvgIpc) is 3.08. The molecule has 136 valence electrons. The summed E-state index contributed by atoms with van der Waals surface area (Å²) in [7, 11) is -3.64. The Bertz CT molecular complexity index is 909. The Morgan fingerprint density at radius 3 is 2.72 bits per heavy atom. The molecule has 1 fully saturated rings. The molecule has 8 heteroatoms. The second-order valence-corrected chi connectivity index (χ2v) is 8.34. The Hall–Kier alpha value is -1.90. The first-order valence-corrected chi connectivity index (χ1v) is 9.65. The zero-order chi connectivity index (χ0) is 18.4. The number of furan rings is 1. The van der Waals surface area contributed by atoms with Crippen molar-refractivity contribution in [2.45, 2.75) is 31.7 Å². The van der Waals surface area contributed by atoms with Crippen LogP contribution in [0.25, 0.3) is 11.0 Å². The Morgan fingerprint density at radius 1 is 1.40 bits per heavy atom. The molecule has 2 atom stereocenters. The predicted octanol–water partition coefficient (Wildman–Crippen LogP) is 1.89. The summed E-state index contributed by atoms with van der Waals surface area (Å²) in [6.07, 6.45) is 0. The summed E-state index contributed by atoms with van der Waals surface area (Å²) in [6.45, 7) is 6.31. The Labute approximate surface area is 146 Å². The molecular weight excluding hydrogens is 344 g/mol. The highest BCUT2D eigenvalue weighted by Crippen LogP contribution is 2.30. The van der Waals surface area contributed by atoms with E-state index in [1.165, 1.54) is 10.4 Å². The largest absolute Gasteiger partial charge is 0.460 e. The van der Waals surface area contributed by atoms with Crippen molar-refractivity contribution in [2.75, 3.05) is 19.7 Å². The molecule has 7 nitrogen and oxygen atoms in total. The summed E-state index contributed by atoms with van der Waals surface area (Å²) >= 11 is 0. The number of hydrogen-bond acceptors (Lipinski definition) is 6. The van der Waals surface area contributed by atoms with Crippen molar-refractivity contribution in [1.29, 1.82) is 0 Å². The van der Waals surface area contributed by atoms with Gasteiger partial charge in [-0.15, -0.1) is 0 Å². The number of nitrogens with zero attached hydrogens (tertiary/aromatic N) is 1. The van der Waals surface area contributed by atoms with E-state index in [-0.39, 0.29) is 29.2 Å². The van der Waals surface area contributed by atoms with Crippen molar-refractivity contribution in [3.63, 3.8) is 0 Å². The Morgan fingerprint density at radius 2 is 2.12 bits per heavy atom. The molecule has 2 heterocycles. The summed E-state index contributed by atoms with van der Waals surface area (Å²) in [5.41, 5.74) is 6.97. The van der Waals surface area contributed by atoms with Gasteiger partial charge in [-0.05, 0) is 38.0 Å². The monoisotopic (exact) mass is 366 g/mol. The van der Waals surface area contributed by atoms with Crippen molar-refractivity contribution in [3.05, 3.63) is 29.5 Å². The molecule has 0 bridgehead atoms. The van der Waals surface area contributed by atoms with Crippen molar-refractivity contribution in [1.82, 2.24) is 4.31 Å². The van der Waals surface area contributed by atoms with E-state index in [1.54, 1.807) is 26.0 Å². The van der Waals surface area contributed by atoms with Gasteiger partial charge in [0, 0.05) is 30.1 Å². The highest BCUT2D eigenvalue weighted by molar-refractivity contribution is 7.89. The van der Waals surface area contributed by atoms with Crippen LogP contribution in [-0.2, 0) is 14.8 Å². The van der Waals surface area contributed by atoms with Gasteiger partial charge in [0.15, 0.2) is 0 Å². The van der Waals surface area contributed by atoms with E-state index in [4.69, 9.17) is 14.9 Å². The number of carbonyl (C=O) groups excluding carboxylic acids is 1. The van der Waals surface area contributed by atoms with E-state index >= 15 is 0 Å². The summed E-state index contributed by atoms with van der Waals surface area (Å²) in [5.74, 6) is -0.340. The average molecular weight is 366 g/mol. The van der Waals surface area contributed by atoms with Crippen LogP contribution >= 0.6 is 0 Å². The molecule has 0 amide bonds. The molecule has 1 aromatic heterocycles. The fraction of sp³-hybridized carbons (Fsp3) is 0.471. The molecule has 3 rings (SSSR count). The first-order valence-electron chi connectivity index (χ1n) is 8.21. The SMILES string of the molecule is CCOC(=O)c1oc2ccc(S(=O)(=O)N3CC(C)C(N)C3)cc2c1C. The standard InChI is InChI=1S/C17H22N2O5S/c1-4-23-17(20)16-11(3)13-7-12(5-6-15(13)24-16)25(21,22)19-8-10(2)14(18)9-19/h5-7,10,14H,4,8-9,18H2,1-3H3. The molecule has 0 spiro atoms. The van der Waals surface area contributed by atoms with Crippen LogP contribution in [0.2, 0.25) is 0 Å². The van der Waals surface area contributed by atoms with Crippen LogP contribution in [0.4, 0.5) is 0 Å². The second-order valence-electron chi connectivity index (χ2n) is 6.40. The normalized spacial score (nSPS) is 21.8. The van der Waals surface area contributed by atoms with Gasteiger partial charge in [-0.25, -0.2) is 13.2 Å². The Balaban J connectivity index is 2.01. The maximum atomic E-state index is 12.9. The van der Waals surface area contributed by atoms with Gasteiger partial charge in [0.2, 0.25) is 15.8 Å². The van der Waals surface area contributed by atoms with Gasteiger partial charge < -0.3 is 14.9 Å². The van der Waals surface area contributed by atoms with E-state index < -0.39 is 16.0 Å². The molecule has 0 radical (unpaired) electrons. The summed E-state index contributed by atoms with van der Waals surface area (Å²) in [5, 5.41) is 0.584. The minimum Gasteiger partial charge on any atom is -0.460 e. The fourth-order valence-corrected chi connectivity index (χ4v) is 4.65. The highest BCUT2D eigenvalue weighted by atomic mass is 32.2. The lowest BCUT2D eigenvalue weighted by Crippen LogP contribution is -2.32. The van der Waals surface area contributed by atoms with Gasteiger partial charge in [-0.3, -0.25) is 0 Å². The third-order valence-electron chi connectivity index (χ3n) is 4.64. The molecule has 1 aliphatic rings. The molecule has 1 aromatic carbocycles. The molecule has 2 aromatic rings. The van der Waals surface area contributed by atoms with Crippen LogP contribution in [0.5, 0.6) is 0 Å². The molecule has 0 aliphatic carbocycles. The number of benzene rings is 1.